The molecule has 1 rings (SSSR count). The van der Waals surface area contributed by atoms with E-state index in [1.54, 1.807) is 0 Å². The average molecular weight is 338 g/mol. The number of hydrogen-bond donors (Lipinski definition) is 3. The van der Waals surface area contributed by atoms with Crippen LogP contribution in [0.25, 0.3) is 0 Å². The molecule has 5 atom stereocenters. The van der Waals surface area contributed by atoms with Crippen LogP contribution in [0.2, 0.25) is 0 Å². The summed E-state index contributed by atoms with van der Waals surface area (Å²) in [6.45, 7) is -0.910. The Kier molecular flexibility index (Phi) is 13.0. The van der Waals surface area contributed by atoms with Crippen LogP contribution in [0.4, 0.5) is 4.39 Å². The van der Waals surface area contributed by atoms with E-state index in [4.69, 9.17) is 10.2 Å². The number of aliphatic hydroxyl groups excluding tert-OH is 3. The van der Waals surface area contributed by atoms with Crippen molar-refractivity contribution in [3.05, 3.63) is 0 Å². The van der Waals surface area contributed by atoms with E-state index in [1.807, 2.05) is 0 Å². The number of rotatable bonds is 3. The molecule has 0 aromatic heterocycles. The third-order valence-corrected chi connectivity index (χ3v) is 2.51. The second kappa shape index (κ2) is 10.0. The van der Waals surface area contributed by atoms with E-state index in [0.29, 0.717) is 0 Å². The van der Waals surface area contributed by atoms with Crippen molar-refractivity contribution in [3.63, 3.8) is 0 Å². The van der Waals surface area contributed by atoms with Crippen molar-refractivity contribution in [2.75, 3.05) is 6.61 Å². The van der Waals surface area contributed by atoms with Gasteiger partial charge in [0, 0.05) is 0 Å². The zero-order chi connectivity index (χ0) is 12.5. The van der Waals surface area contributed by atoms with Gasteiger partial charge in [-0.1, -0.05) is 0 Å². The Balaban J connectivity index is 0. The summed E-state index contributed by atoms with van der Waals surface area (Å²) in [7, 11) is -5.26. The smallest absolute Gasteiger partial charge is 0.790 e. The molecule has 0 amide bonds. The van der Waals surface area contributed by atoms with E-state index in [9.17, 15) is 23.8 Å². The van der Waals surface area contributed by atoms with Crippen molar-refractivity contribution >= 4 is 7.82 Å². The van der Waals surface area contributed by atoms with Crippen LogP contribution in [0.15, 0.2) is 0 Å². The number of alkyl halides is 1. The summed E-state index contributed by atoms with van der Waals surface area (Å²) in [6, 6.07) is 0. The normalized spacial score (nSPS) is 36.4. The molecule has 18 heavy (non-hydrogen) atoms. The summed E-state index contributed by atoms with van der Waals surface area (Å²) < 4.78 is 31.2. The number of ether oxygens (including phenoxy) is 1. The van der Waals surface area contributed by atoms with Crippen molar-refractivity contribution in [2.45, 2.75) is 30.8 Å². The standard InChI is InChI=1S/C6H12FO8P.2K/c7-3-5(9)4(8)2(15-6(3)10)1-14-16(11,12)13;;/h2-6,8-10H,1H2,(H2,11,12,13);;/q;2*+1/p-2/t2-,3-,4-,5-,6?;;/m1../s1. The molecule has 0 aliphatic carbocycles. The van der Waals surface area contributed by atoms with Gasteiger partial charge in [-0.2, -0.15) is 0 Å². The van der Waals surface area contributed by atoms with Crippen molar-refractivity contribution in [2.24, 2.45) is 0 Å². The van der Waals surface area contributed by atoms with Gasteiger partial charge in [0.1, 0.15) is 18.3 Å². The maximum atomic E-state index is 12.9. The molecule has 1 heterocycles. The Morgan fingerprint density at radius 3 is 2.17 bits per heavy atom. The number of phosphoric ester groups is 1. The Hall–Kier alpha value is 3.15. The summed E-state index contributed by atoms with van der Waals surface area (Å²) >= 11 is 0. The van der Waals surface area contributed by atoms with Crippen molar-refractivity contribution in [1.82, 2.24) is 0 Å². The Labute approximate surface area is 187 Å². The van der Waals surface area contributed by atoms with Crippen LogP contribution in [0.3, 0.4) is 0 Å². The molecule has 1 aliphatic heterocycles. The zero-order valence-corrected chi connectivity index (χ0v) is 16.9. The molecule has 0 aromatic carbocycles. The van der Waals surface area contributed by atoms with Gasteiger partial charge < -0.3 is 38.9 Å². The first kappa shape index (κ1) is 23.4. The summed E-state index contributed by atoms with van der Waals surface area (Å²) in [5.74, 6) is 0. The molecule has 0 radical (unpaired) electrons. The molecule has 8 nitrogen and oxygen atoms in total. The molecule has 0 spiro atoms. The first-order chi connectivity index (χ1) is 7.22. The molecular weight excluding hydrogens is 328 g/mol. The maximum Gasteiger partial charge on any atom is 1.00 e. The minimum atomic E-state index is -5.26. The van der Waals surface area contributed by atoms with Gasteiger partial charge in [0.25, 0.3) is 0 Å². The van der Waals surface area contributed by atoms with Crippen LogP contribution >= 0.6 is 7.82 Å². The van der Waals surface area contributed by atoms with Crippen molar-refractivity contribution in [1.29, 1.82) is 0 Å². The molecular formula is C6H10FK2O8P. The van der Waals surface area contributed by atoms with Gasteiger partial charge in [-0.05, 0) is 0 Å². The fourth-order valence-electron chi connectivity index (χ4n) is 1.21. The predicted molar refractivity (Wildman–Crippen MR) is 41.3 cm³/mol. The van der Waals surface area contributed by atoms with Crippen LogP contribution in [-0.2, 0) is 13.8 Å². The minimum absolute atomic E-state index is 0. The maximum absolute atomic E-state index is 12.9. The number of hydrogen-bond acceptors (Lipinski definition) is 8. The molecule has 1 unspecified atom stereocenters. The van der Waals surface area contributed by atoms with E-state index < -0.39 is 45.2 Å². The molecule has 0 aromatic rings. The first-order valence-corrected chi connectivity index (χ1v) is 5.69. The Bertz CT molecular complexity index is 291. The number of phosphoric acid groups is 1. The van der Waals surface area contributed by atoms with E-state index in [0.717, 1.165) is 0 Å². The molecule has 3 N–H and O–H groups in total. The molecule has 12 heteroatoms. The minimum Gasteiger partial charge on any atom is -0.790 e. The number of halogens is 1. The second-order valence-corrected chi connectivity index (χ2v) is 4.39. The van der Waals surface area contributed by atoms with Gasteiger partial charge in [0.15, 0.2) is 12.5 Å². The Morgan fingerprint density at radius 2 is 1.72 bits per heavy atom. The van der Waals surface area contributed by atoms with Crippen molar-refractivity contribution < 1.29 is 146 Å². The third kappa shape index (κ3) is 7.43. The SMILES string of the molecule is O=P([O-])([O-])OC[C@H]1OC(O)[C@H](F)[C@@H](O)[C@@H]1O.[K+].[K+]. The van der Waals surface area contributed by atoms with Gasteiger partial charge in [0.05, 0.1) is 14.4 Å². The van der Waals surface area contributed by atoms with Crippen LogP contribution < -0.4 is 113 Å². The van der Waals surface area contributed by atoms with Crippen LogP contribution in [0.1, 0.15) is 0 Å². The van der Waals surface area contributed by atoms with E-state index in [1.165, 1.54) is 0 Å². The Morgan fingerprint density at radius 1 is 1.22 bits per heavy atom. The van der Waals surface area contributed by atoms with Crippen molar-refractivity contribution in [3.8, 4) is 0 Å². The average Bonchev–Trinajstić information content (AvgIpc) is 2.17. The van der Waals surface area contributed by atoms with Gasteiger partial charge >= 0.3 is 103 Å². The van der Waals surface area contributed by atoms with Gasteiger partial charge in [0.2, 0.25) is 0 Å². The topological polar surface area (TPSA) is 142 Å². The molecule has 1 aliphatic rings. The fraction of sp³-hybridized carbons (Fsp3) is 1.00. The quantitative estimate of drug-likeness (QED) is 0.340. The third-order valence-electron chi connectivity index (χ3n) is 2.04. The monoisotopic (exact) mass is 338 g/mol. The van der Waals surface area contributed by atoms with E-state index in [-0.39, 0.29) is 103 Å². The molecule has 96 valence electrons. The van der Waals surface area contributed by atoms with Crippen LogP contribution in [0.5, 0.6) is 0 Å². The van der Waals surface area contributed by atoms with Gasteiger partial charge in [-0.3, -0.25) is 0 Å². The van der Waals surface area contributed by atoms with E-state index >= 15 is 0 Å². The molecule has 1 saturated heterocycles. The van der Waals surface area contributed by atoms with Crippen LogP contribution in [-0.4, -0.2) is 52.7 Å². The summed E-state index contributed by atoms with van der Waals surface area (Å²) in [4.78, 5) is 20.2. The van der Waals surface area contributed by atoms with Crippen LogP contribution in [0, 0.1) is 0 Å². The first-order valence-electron chi connectivity index (χ1n) is 4.22. The molecule has 0 saturated carbocycles. The fourth-order valence-corrected chi connectivity index (χ4v) is 1.54. The second-order valence-electron chi connectivity index (χ2n) is 3.23. The predicted octanol–water partition coefficient (Wildman–Crippen LogP) is -9.38. The zero-order valence-electron chi connectivity index (χ0n) is 9.80. The summed E-state index contributed by atoms with van der Waals surface area (Å²) in [5.41, 5.74) is 0. The van der Waals surface area contributed by atoms with Gasteiger partial charge in [-0.25, -0.2) is 4.39 Å². The number of aliphatic hydroxyl groups is 3. The van der Waals surface area contributed by atoms with Gasteiger partial charge in [-0.15, -0.1) is 0 Å². The summed E-state index contributed by atoms with van der Waals surface area (Å²) in [6.07, 6.45) is -9.50. The largest absolute Gasteiger partial charge is 1.00 e. The molecule has 1 fully saturated rings. The molecule has 0 bridgehead atoms. The van der Waals surface area contributed by atoms with E-state index in [2.05, 4.69) is 9.26 Å². The summed E-state index contributed by atoms with van der Waals surface area (Å²) in [5, 5.41) is 27.2.